The van der Waals surface area contributed by atoms with Gasteiger partial charge in [-0.25, -0.2) is 0 Å². The van der Waals surface area contributed by atoms with Gasteiger partial charge < -0.3 is 15.4 Å². The van der Waals surface area contributed by atoms with Crippen LogP contribution in [0.5, 0.6) is 5.75 Å². The van der Waals surface area contributed by atoms with E-state index in [0.717, 1.165) is 22.7 Å². The number of carbonyl (C=O) groups is 2. The number of ether oxygens (including phenoxy) is 1. The maximum Gasteiger partial charge on any atom is 0.286 e. The molecule has 1 aromatic heterocycles. The van der Waals surface area contributed by atoms with E-state index in [9.17, 15) is 9.59 Å². The van der Waals surface area contributed by atoms with Crippen molar-refractivity contribution in [3.63, 3.8) is 0 Å². The van der Waals surface area contributed by atoms with Crippen LogP contribution in [0.25, 0.3) is 0 Å². The van der Waals surface area contributed by atoms with Crippen molar-refractivity contribution in [1.29, 1.82) is 0 Å². The van der Waals surface area contributed by atoms with Crippen molar-refractivity contribution >= 4 is 28.8 Å². The molecule has 2 N–H and O–H groups in total. The molecule has 30 heavy (non-hydrogen) atoms. The minimum Gasteiger partial charge on any atom is -0.497 e. The largest absolute Gasteiger partial charge is 0.497 e. The lowest BCUT2D eigenvalue weighted by molar-refractivity contribution is 0.0949. The Kier molecular flexibility index (Phi) is 7.13. The van der Waals surface area contributed by atoms with E-state index in [2.05, 4.69) is 34.7 Å². The summed E-state index contributed by atoms with van der Waals surface area (Å²) in [5, 5.41) is 14.8. The fraction of sp³-hybridized carbons (Fsp3) is 0.273. The second-order valence-electron chi connectivity index (χ2n) is 7.16. The van der Waals surface area contributed by atoms with E-state index in [4.69, 9.17) is 4.74 Å². The summed E-state index contributed by atoms with van der Waals surface area (Å²) in [6, 6.07) is 14.3. The zero-order chi connectivity index (χ0) is 21.5. The van der Waals surface area contributed by atoms with Gasteiger partial charge in [0.2, 0.25) is 5.01 Å². The van der Waals surface area contributed by atoms with Gasteiger partial charge in [-0.05, 0) is 41.8 Å². The van der Waals surface area contributed by atoms with Crippen molar-refractivity contribution in [2.45, 2.75) is 26.8 Å². The zero-order valence-electron chi connectivity index (χ0n) is 17.1. The number of nitrogens with zero attached hydrogens (tertiary/aromatic N) is 2. The minimum atomic E-state index is -0.335. The van der Waals surface area contributed by atoms with Crippen molar-refractivity contribution in [1.82, 2.24) is 15.5 Å². The molecule has 0 saturated heterocycles. The SMILES string of the molecule is COc1ccc(CNC(=O)c2cccc(NC(=O)c3nnc(CC(C)C)s3)c2)cc1. The highest BCUT2D eigenvalue weighted by molar-refractivity contribution is 7.13. The summed E-state index contributed by atoms with van der Waals surface area (Å²) in [6.07, 6.45) is 0.787. The predicted molar refractivity (Wildman–Crippen MR) is 117 cm³/mol. The first kappa shape index (κ1) is 21.4. The van der Waals surface area contributed by atoms with E-state index >= 15 is 0 Å². The average molecular weight is 425 g/mol. The third kappa shape index (κ3) is 5.87. The Labute approximate surface area is 179 Å². The van der Waals surface area contributed by atoms with Crippen LogP contribution in [0.15, 0.2) is 48.5 Å². The van der Waals surface area contributed by atoms with Crippen molar-refractivity contribution in [2.75, 3.05) is 12.4 Å². The third-order valence-corrected chi connectivity index (χ3v) is 5.18. The summed E-state index contributed by atoms with van der Waals surface area (Å²) < 4.78 is 5.13. The maximum absolute atomic E-state index is 12.5. The molecule has 0 fully saturated rings. The Morgan fingerprint density at radius 1 is 1.07 bits per heavy atom. The van der Waals surface area contributed by atoms with Crippen molar-refractivity contribution in [3.8, 4) is 5.75 Å². The molecule has 0 atom stereocenters. The van der Waals surface area contributed by atoms with Gasteiger partial charge in [0.05, 0.1) is 7.11 Å². The molecule has 0 saturated carbocycles. The van der Waals surface area contributed by atoms with Gasteiger partial charge in [0.25, 0.3) is 11.8 Å². The second kappa shape index (κ2) is 9.98. The molecule has 3 rings (SSSR count). The van der Waals surface area contributed by atoms with Crippen LogP contribution in [0.2, 0.25) is 0 Å². The van der Waals surface area contributed by atoms with Crippen LogP contribution in [0.1, 0.15) is 44.6 Å². The van der Waals surface area contributed by atoms with Crippen molar-refractivity contribution in [2.24, 2.45) is 5.92 Å². The molecule has 3 aromatic rings. The predicted octanol–water partition coefficient (Wildman–Crippen LogP) is 3.93. The highest BCUT2D eigenvalue weighted by atomic mass is 32.1. The first-order valence-corrected chi connectivity index (χ1v) is 10.4. The van der Waals surface area contributed by atoms with Crippen LogP contribution in [0.4, 0.5) is 5.69 Å². The second-order valence-corrected chi connectivity index (χ2v) is 8.23. The first-order chi connectivity index (χ1) is 14.4. The number of amides is 2. The number of hydrogen-bond donors (Lipinski definition) is 2. The van der Waals surface area contributed by atoms with Gasteiger partial charge in [0.15, 0.2) is 0 Å². The summed E-state index contributed by atoms with van der Waals surface area (Å²) in [5.74, 6) is 0.651. The molecule has 0 unspecified atom stereocenters. The Balaban J connectivity index is 1.59. The maximum atomic E-state index is 12.5. The van der Waals surface area contributed by atoms with Crippen molar-refractivity contribution in [3.05, 3.63) is 69.7 Å². The molecule has 0 aliphatic rings. The van der Waals surface area contributed by atoms with Crippen LogP contribution in [-0.4, -0.2) is 29.1 Å². The van der Waals surface area contributed by atoms with Crippen LogP contribution in [-0.2, 0) is 13.0 Å². The summed E-state index contributed by atoms with van der Waals surface area (Å²) >= 11 is 1.28. The Morgan fingerprint density at radius 2 is 1.83 bits per heavy atom. The Morgan fingerprint density at radius 3 is 2.53 bits per heavy atom. The number of aromatic nitrogens is 2. The number of methoxy groups -OCH3 is 1. The molecule has 8 heteroatoms. The number of rotatable bonds is 8. The first-order valence-electron chi connectivity index (χ1n) is 9.59. The fourth-order valence-corrected chi connectivity index (χ4v) is 3.67. The Hall–Kier alpha value is -3.26. The molecule has 1 heterocycles. The molecular weight excluding hydrogens is 400 g/mol. The molecule has 0 aliphatic heterocycles. The molecular formula is C22H24N4O3S. The third-order valence-electron chi connectivity index (χ3n) is 4.24. The summed E-state index contributed by atoms with van der Waals surface area (Å²) in [7, 11) is 1.61. The molecule has 156 valence electrons. The van der Waals surface area contributed by atoms with Crippen molar-refractivity contribution < 1.29 is 14.3 Å². The van der Waals surface area contributed by atoms with Crippen LogP contribution >= 0.6 is 11.3 Å². The molecule has 0 radical (unpaired) electrons. The van der Waals surface area contributed by atoms with E-state index < -0.39 is 0 Å². The van der Waals surface area contributed by atoms with E-state index in [0.29, 0.717) is 28.7 Å². The molecule has 0 aliphatic carbocycles. The zero-order valence-corrected chi connectivity index (χ0v) is 18.0. The van der Waals surface area contributed by atoms with Gasteiger partial charge in [0, 0.05) is 24.2 Å². The minimum absolute atomic E-state index is 0.225. The van der Waals surface area contributed by atoms with Gasteiger partial charge in [-0.3, -0.25) is 9.59 Å². The molecule has 2 amide bonds. The fourth-order valence-electron chi connectivity index (χ4n) is 2.73. The normalized spacial score (nSPS) is 10.7. The van der Waals surface area contributed by atoms with Gasteiger partial charge >= 0.3 is 0 Å². The average Bonchev–Trinajstić information content (AvgIpc) is 3.20. The number of hydrogen-bond acceptors (Lipinski definition) is 6. The topological polar surface area (TPSA) is 93.2 Å². The lowest BCUT2D eigenvalue weighted by Gasteiger charge is -2.08. The highest BCUT2D eigenvalue weighted by Crippen LogP contribution is 2.17. The summed E-state index contributed by atoms with van der Waals surface area (Å²) in [5.41, 5.74) is 1.94. The number of nitrogens with one attached hydrogen (secondary N) is 2. The molecule has 7 nitrogen and oxygen atoms in total. The van der Waals surface area contributed by atoms with E-state index in [1.54, 1.807) is 31.4 Å². The lowest BCUT2D eigenvalue weighted by atomic mass is 10.1. The van der Waals surface area contributed by atoms with Gasteiger partial charge in [-0.1, -0.05) is 43.4 Å². The van der Waals surface area contributed by atoms with E-state index in [-0.39, 0.29) is 11.8 Å². The number of benzene rings is 2. The Bertz CT molecular complexity index is 1020. The monoisotopic (exact) mass is 424 g/mol. The quantitative estimate of drug-likeness (QED) is 0.572. The smallest absolute Gasteiger partial charge is 0.286 e. The highest BCUT2D eigenvalue weighted by Gasteiger charge is 2.15. The van der Waals surface area contributed by atoms with Gasteiger partial charge in [-0.2, -0.15) is 0 Å². The van der Waals surface area contributed by atoms with Gasteiger partial charge in [0.1, 0.15) is 10.8 Å². The number of anilines is 1. The summed E-state index contributed by atoms with van der Waals surface area (Å²) in [6.45, 7) is 4.57. The van der Waals surface area contributed by atoms with Crippen LogP contribution < -0.4 is 15.4 Å². The van der Waals surface area contributed by atoms with E-state index in [1.807, 2.05) is 24.3 Å². The van der Waals surface area contributed by atoms with Crippen LogP contribution in [0.3, 0.4) is 0 Å². The molecule has 0 spiro atoms. The van der Waals surface area contributed by atoms with E-state index in [1.165, 1.54) is 11.3 Å². The lowest BCUT2D eigenvalue weighted by Crippen LogP contribution is -2.23. The number of carbonyl (C=O) groups excluding carboxylic acids is 2. The van der Waals surface area contributed by atoms with Gasteiger partial charge in [-0.15, -0.1) is 10.2 Å². The van der Waals surface area contributed by atoms with Crippen LogP contribution in [0, 0.1) is 5.92 Å². The molecule has 0 bridgehead atoms. The standard InChI is InChI=1S/C22H24N4O3S/c1-14(2)11-19-25-26-22(30-19)21(28)24-17-6-4-5-16(12-17)20(27)23-13-15-7-9-18(29-3)10-8-15/h4-10,12,14H,11,13H2,1-3H3,(H,23,27)(H,24,28). The molecule has 2 aromatic carbocycles. The summed E-state index contributed by atoms with van der Waals surface area (Å²) in [4.78, 5) is 24.9.